The molecule has 0 saturated carbocycles. The maximum Gasteiger partial charge on any atom is 0.0601 e. The Morgan fingerprint density at radius 1 is 1.20 bits per heavy atom. The predicted molar refractivity (Wildman–Crippen MR) is 92.9 cm³/mol. The van der Waals surface area contributed by atoms with Crippen molar-refractivity contribution < 1.29 is 0 Å². The van der Waals surface area contributed by atoms with Gasteiger partial charge in [0.15, 0.2) is 0 Å². The van der Waals surface area contributed by atoms with Crippen LogP contribution in [0.15, 0.2) is 33.9 Å². The molecule has 3 rings (SSSR count). The molecule has 0 unspecified atom stereocenters. The van der Waals surface area contributed by atoms with Gasteiger partial charge in [0.1, 0.15) is 0 Å². The van der Waals surface area contributed by atoms with Gasteiger partial charge in [-0.15, -0.1) is 35.5 Å². The van der Waals surface area contributed by atoms with E-state index in [2.05, 4.69) is 35.0 Å². The first kappa shape index (κ1) is 16.2. The number of halogens is 2. The summed E-state index contributed by atoms with van der Waals surface area (Å²) in [6, 6.07) is 8.54. The Kier molecular flexibility index (Phi) is 6.24. The van der Waals surface area contributed by atoms with Gasteiger partial charge < -0.3 is 5.32 Å². The van der Waals surface area contributed by atoms with Crippen LogP contribution in [0.3, 0.4) is 0 Å². The molecular formula is C15H17Cl2NS2. The van der Waals surface area contributed by atoms with E-state index in [9.17, 15) is 0 Å². The lowest BCUT2D eigenvalue weighted by Gasteiger charge is -2.13. The fraction of sp³-hybridized carbons (Fsp3) is 0.333. The smallest absolute Gasteiger partial charge is 0.0601 e. The lowest BCUT2D eigenvalue weighted by molar-refractivity contribution is 0.710. The minimum absolute atomic E-state index is 0. The quantitative estimate of drug-likeness (QED) is 0.801. The SMILES string of the molecule is Cl.Clc1ccc2c(c1CSc1cccs1)CCNCC2. The van der Waals surface area contributed by atoms with Crippen LogP contribution in [0.5, 0.6) is 0 Å². The molecule has 0 aliphatic carbocycles. The molecule has 0 saturated heterocycles. The fourth-order valence-electron chi connectivity index (χ4n) is 2.46. The molecule has 1 aromatic carbocycles. The van der Waals surface area contributed by atoms with Gasteiger partial charge in [-0.05, 0) is 60.1 Å². The van der Waals surface area contributed by atoms with Crippen LogP contribution >= 0.6 is 47.1 Å². The summed E-state index contributed by atoms with van der Waals surface area (Å²) >= 11 is 10.1. The maximum atomic E-state index is 6.42. The molecule has 0 atom stereocenters. The fourth-order valence-corrected chi connectivity index (χ4v) is 4.64. The highest BCUT2D eigenvalue weighted by Gasteiger charge is 2.14. The topological polar surface area (TPSA) is 12.0 Å². The van der Waals surface area contributed by atoms with Crippen molar-refractivity contribution in [1.82, 2.24) is 5.32 Å². The Morgan fingerprint density at radius 3 is 2.85 bits per heavy atom. The lowest BCUT2D eigenvalue weighted by Crippen LogP contribution is -2.16. The number of thioether (sulfide) groups is 1. The highest BCUT2D eigenvalue weighted by atomic mass is 35.5. The van der Waals surface area contributed by atoms with Gasteiger partial charge in [-0.3, -0.25) is 0 Å². The summed E-state index contributed by atoms with van der Waals surface area (Å²) in [7, 11) is 0. The largest absolute Gasteiger partial charge is 0.316 e. The normalized spacial score (nSPS) is 14.2. The Balaban J connectivity index is 0.00000147. The summed E-state index contributed by atoms with van der Waals surface area (Å²) in [5.74, 6) is 0.975. The van der Waals surface area contributed by atoms with Crippen molar-refractivity contribution in [2.24, 2.45) is 0 Å². The van der Waals surface area contributed by atoms with Crippen molar-refractivity contribution in [3.63, 3.8) is 0 Å². The highest BCUT2D eigenvalue weighted by Crippen LogP contribution is 2.33. The molecule has 1 aliphatic heterocycles. The summed E-state index contributed by atoms with van der Waals surface area (Å²) in [5, 5.41) is 6.51. The number of thiophene rings is 1. The first-order valence-electron chi connectivity index (χ1n) is 6.51. The standard InChI is InChI=1S/C15H16ClNS2.ClH/c16-14-4-3-11-5-7-17-8-6-12(11)13(14)10-19-15-2-1-9-18-15;/h1-4,9,17H,5-8,10H2;1H. The average molecular weight is 346 g/mol. The van der Waals surface area contributed by atoms with Crippen LogP contribution in [-0.4, -0.2) is 13.1 Å². The second-order valence-corrected chi connectivity index (χ2v) is 7.26. The maximum absolute atomic E-state index is 6.42. The molecule has 1 nitrogen and oxygen atoms in total. The molecule has 0 fully saturated rings. The molecule has 5 heteroatoms. The second kappa shape index (κ2) is 7.71. The van der Waals surface area contributed by atoms with Crippen LogP contribution in [0.1, 0.15) is 16.7 Å². The van der Waals surface area contributed by atoms with E-state index >= 15 is 0 Å². The van der Waals surface area contributed by atoms with Gasteiger partial charge in [0.05, 0.1) is 4.21 Å². The number of hydrogen-bond donors (Lipinski definition) is 1. The second-order valence-electron chi connectivity index (χ2n) is 4.63. The monoisotopic (exact) mass is 345 g/mol. The molecular weight excluding hydrogens is 329 g/mol. The Hall–Kier alpha value is -0.190. The first-order valence-corrected chi connectivity index (χ1v) is 8.75. The number of fused-ring (bicyclic) bond motifs is 1. The van der Waals surface area contributed by atoms with E-state index in [1.807, 2.05) is 11.8 Å². The Morgan fingerprint density at radius 2 is 2.05 bits per heavy atom. The molecule has 1 aromatic heterocycles. The van der Waals surface area contributed by atoms with Gasteiger partial charge in [-0.1, -0.05) is 23.7 Å². The zero-order valence-corrected chi connectivity index (χ0v) is 14.2. The third-order valence-electron chi connectivity index (χ3n) is 3.45. The molecule has 0 spiro atoms. The highest BCUT2D eigenvalue weighted by molar-refractivity contribution is 8.00. The summed E-state index contributed by atoms with van der Waals surface area (Å²) in [4.78, 5) is 0. The van der Waals surface area contributed by atoms with Gasteiger partial charge >= 0.3 is 0 Å². The van der Waals surface area contributed by atoms with Crippen molar-refractivity contribution >= 4 is 47.1 Å². The molecule has 1 aliphatic rings. The molecule has 2 aromatic rings. The van der Waals surface area contributed by atoms with Crippen LogP contribution < -0.4 is 5.32 Å². The number of benzene rings is 1. The zero-order valence-electron chi connectivity index (χ0n) is 11.0. The van der Waals surface area contributed by atoms with Gasteiger partial charge in [0.25, 0.3) is 0 Å². The molecule has 2 heterocycles. The minimum atomic E-state index is 0. The molecule has 20 heavy (non-hydrogen) atoms. The van der Waals surface area contributed by atoms with E-state index in [1.165, 1.54) is 20.9 Å². The molecule has 1 N–H and O–H groups in total. The van der Waals surface area contributed by atoms with Crippen LogP contribution in [0.25, 0.3) is 0 Å². The van der Waals surface area contributed by atoms with Crippen LogP contribution in [0.4, 0.5) is 0 Å². The molecule has 0 radical (unpaired) electrons. The third-order valence-corrected chi connectivity index (χ3v) is 5.96. The lowest BCUT2D eigenvalue weighted by atomic mass is 9.98. The Bertz CT molecular complexity index is 555. The van der Waals surface area contributed by atoms with Crippen molar-refractivity contribution in [1.29, 1.82) is 0 Å². The van der Waals surface area contributed by atoms with E-state index in [0.29, 0.717) is 0 Å². The van der Waals surface area contributed by atoms with Crippen LogP contribution in [0, 0.1) is 0 Å². The number of nitrogens with one attached hydrogen (secondary N) is 1. The summed E-state index contributed by atoms with van der Waals surface area (Å²) < 4.78 is 1.36. The van der Waals surface area contributed by atoms with Gasteiger partial charge in [0, 0.05) is 10.8 Å². The zero-order chi connectivity index (χ0) is 13.1. The number of hydrogen-bond acceptors (Lipinski definition) is 3. The van der Waals surface area contributed by atoms with Gasteiger partial charge in [-0.25, -0.2) is 0 Å². The summed E-state index contributed by atoms with van der Waals surface area (Å²) in [5.41, 5.74) is 4.28. The minimum Gasteiger partial charge on any atom is -0.316 e. The first-order chi connectivity index (χ1) is 9.34. The molecule has 0 bridgehead atoms. The van der Waals surface area contributed by atoms with E-state index in [-0.39, 0.29) is 12.4 Å². The van der Waals surface area contributed by atoms with Crippen molar-refractivity contribution in [2.45, 2.75) is 22.8 Å². The third kappa shape index (κ3) is 3.71. The van der Waals surface area contributed by atoms with E-state index < -0.39 is 0 Å². The van der Waals surface area contributed by atoms with Crippen molar-refractivity contribution in [2.75, 3.05) is 13.1 Å². The van der Waals surface area contributed by atoms with E-state index in [4.69, 9.17) is 11.6 Å². The van der Waals surface area contributed by atoms with Crippen molar-refractivity contribution in [3.8, 4) is 0 Å². The number of rotatable bonds is 3. The average Bonchev–Trinajstić information content (AvgIpc) is 2.82. The summed E-state index contributed by atoms with van der Waals surface area (Å²) in [6.45, 7) is 2.14. The van der Waals surface area contributed by atoms with Gasteiger partial charge in [-0.2, -0.15) is 0 Å². The predicted octanol–water partition coefficient (Wildman–Crippen LogP) is 4.80. The summed E-state index contributed by atoms with van der Waals surface area (Å²) in [6.07, 6.45) is 2.21. The van der Waals surface area contributed by atoms with Gasteiger partial charge in [0.2, 0.25) is 0 Å². The Labute approximate surface area is 139 Å². The molecule has 108 valence electrons. The van der Waals surface area contributed by atoms with Crippen LogP contribution in [0.2, 0.25) is 5.02 Å². The van der Waals surface area contributed by atoms with Crippen molar-refractivity contribution in [3.05, 3.63) is 51.4 Å². The van der Waals surface area contributed by atoms with E-state index in [1.54, 1.807) is 11.3 Å². The molecule has 0 amide bonds. The van der Waals surface area contributed by atoms with E-state index in [0.717, 1.165) is 36.7 Å². The van der Waals surface area contributed by atoms with Crippen LogP contribution in [-0.2, 0) is 18.6 Å².